The number of alkyl halides is 3. The van der Waals surface area contributed by atoms with Gasteiger partial charge in [-0.2, -0.15) is 0 Å². The van der Waals surface area contributed by atoms with Gasteiger partial charge in [-0.15, -0.1) is 13.2 Å². The van der Waals surface area contributed by atoms with Crippen molar-refractivity contribution in [1.82, 2.24) is 0 Å². The summed E-state index contributed by atoms with van der Waals surface area (Å²) in [5.74, 6) is -1.20. The molecule has 0 saturated carbocycles. The molecular weight excluding hydrogens is 291 g/mol. The first kappa shape index (κ1) is 12.8. The van der Waals surface area contributed by atoms with Gasteiger partial charge in [-0.05, 0) is 35.0 Å². The molecule has 0 spiro atoms. The second kappa shape index (κ2) is 4.32. The van der Waals surface area contributed by atoms with E-state index in [0.717, 1.165) is 13.0 Å². The zero-order chi connectivity index (χ0) is 12.5. The van der Waals surface area contributed by atoms with Crippen LogP contribution in [0.25, 0.3) is 0 Å². The van der Waals surface area contributed by atoms with Crippen LogP contribution in [0.15, 0.2) is 16.6 Å². The maximum absolute atomic E-state index is 12.0. The molecule has 16 heavy (non-hydrogen) atoms. The van der Waals surface area contributed by atoms with Crippen molar-refractivity contribution in [2.45, 2.75) is 13.3 Å². The quantitative estimate of drug-likeness (QED) is 0.674. The molecule has 0 amide bonds. The Labute approximate surface area is 97.5 Å². The minimum atomic E-state index is -4.86. The van der Waals surface area contributed by atoms with Gasteiger partial charge in [0.2, 0.25) is 0 Å². The van der Waals surface area contributed by atoms with Crippen LogP contribution in [0, 0.1) is 0 Å². The van der Waals surface area contributed by atoms with E-state index in [1.807, 2.05) is 0 Å². The highest BCUT2D eigenvalue weighted by Gasteiger charge is 2.33. The summed E-state index contributed by atoms with van der Waals surface area (Å²) in [6.45, 7) is 1.11. The van der Waals surface area contributed by atoms with E-state index < -0.39 is 17.9 Å². The number of carbonyl (C=O) groups excluding carboxylic acids is 1. The second-order valence-electron chi connectivity index (χ2n) is 2.94. The Hall–Kier alpha value is -1.24. The van der Waals surface area contributed by atoms with Gasteiger partial charge in [0, 0.05) is 4.47 Å². The zero-order valence-corrected chi connectivity index (χ0v) is 9.65. The third-order valence-electron chi connectivity index (χ3n) is 1.73. The fraction of sp³-hybridized carbons (Fsp3) is 0.222. The lowest BCUT2D eigenvalue weighted by Gasteiger charge is -2.14. The lowest BCUT2D eigenvalue weighted by atomic mass is 10.1. The predicted octanol–water partition coefficient (Wildman–Crippen LogP) is 3.13. The molecule has 88 valence electrons. The summed E-state index contributed by atoms with van der Waals surface area (Å²) in [6, 6.07) is 2.31. The zero-order valence-electron chi connectivity index (χ0n) is 8.06. The van der Waals surface area contributed by atoms with Crippen molar-refractivity contribution in [1.29, 1.82) is 0 Å². The molecule has 2 N–H and O–H groups in total. The SMILES string of the molecule is CC(=O)c1c(OC(F)(F)F)ccc(Br)c1N. The van der Waals surface area contributed by atoms with Crippen molar-refractivity contribution in [3.8, 4) is 5.75 Å². The molecule has 0 radical (unpaired) electrons. The minimum Gasteiger partial charge on any atom is -0.405 e. The number of carbonyl (C=O) groups is 1. The van der Waals surface area contributed by atoms with E-state index in [0.29, 0.717) is 4.47 Å². The van der Waals surface area contributed by atoms with E-state index in [2.05, 4.69) is 20.7 Å². The first-order chi connectivity index (χ1) is 7.22. The van der Waals surface area contributed by atoms with E-state index in [1.54, 1.807) is 0 Å². The van der Waals surface area contributed by atoms with E-state index in [-0.39, 0.29) is 11.3 Å². The molecule has 0 bridgehead atoms. The van der Waals surface area contributed by atoms with Gasteiger partial charge in [0.25, 0.3) is 0 Å². The van der Waals surface area contributed by atoms with Gasteiger partial charge in [0.15, 0.2) is 5.78 Å². The van der Waals surface area contributed by atoms with Crippen molar-refractivity contribution in [3.63, 3.8) is 0 Å². The average molecular weight is 298 g/mol. The Balaban J connectivity index is 3.29. The molecule has 1 aromatic carbocycles. The minimum absolute atomic E-state index is 0.0748. The fourth-order valence-corrected chi connectivity index (χ4v) is 1.48. The number of nitrogen functional groups attached to an aromatic ring is 1. The monoisotopic (exact) mass is 297 g/mol. The molecule has 1 aromatic rings. The highest BCUT2D eigenvalue weighted by molar-refractivity contribution is 9.10. The normalized spacial score (nSPS) is 11.3. The van der Waals surface area contributed by atoms with Crippen molar-refractivity contribution < 1.29 is 22.7 Å². The molecule has 0 aromatic heterocycles. The number of hydrogen-bond donors (Lipinski definition) is 1. The molecule has 0 aliphatic carbocycles. The lowest BCUT2D eigenvalue weighted by Crippen LogP contribution is -2.19. The molecule has 3 nitrogen and oxygen atoms in total. The van der Waals surface area contributed by atoms with E-state index in [4.69, 9.17) is 5.73 Å². The summed E-state index contributed by atoms with van der Waals surface area (Å²) < 4.78 is 40.1. The maximum Gasteiger partial charge on any atom is 0.573 e. The number of Topliss-reactive ketones (excluding diaryl/α,β-unsaturated/α-hetero) is 1. The van der Waals surface area contributed by atoms with Crippen molar-refractivity contribution >= 4 is 27.4 Å². The van der Waals surface area contributed by atoms with Gasteiger partial charge >= 0.3 is 6.36 Å². The average Bonchev–Trinajstić information content (AvgIpc) is 2.08. The van der Waals surface area contributed by atoms with Crippen LogP contribution in [0.4, 0.5) is 18.9 Å². The number of halogens is 4. The third-order valence-corrected chi connectivity index (χ3v) is 2.42. The summed E-state index contributed by atoms with van der Waals surface area (Å²) in [6.07, 6.45) is -4.86. The first-order valence-corrected chi connectivity index (χ1v) is 4.86. The van der Waals surface area contributed by atoms with Crippen LogP contribution in [-0.4, -0.2) is 12.1 Å². The number of hydrogen-bond acceptors (Lipinski definition) is 3. The lowest BCUT2D eigenvalue weighted by molar-refractivity contribution is -0.274. The Morgan fingerprint density at radius 3 is 2.44 bits per heavy atom. The van der Waals surface area contributed by atoms with Gasteiger partial charge in [-0.25, -0.2) is 0 Å². The molecule has 0 aliphatic heterocycles. The van der Waals surface area contributed by atoms with Crippen LogP contribution in [0.2, 0.25) is 0 Å². The Morgan fingerprint density at radius 1 is 1.44 bits per heavy atom. The number of benzene rings is 1. The third kappa shape index (κ3) is 2.88. The maximum atomic E-state index is 12.0. The highest BCUT2D eigenvalue weighted by Crippen LogP contribution is 2.34. The number of rotatable bonds is 2. The standard InChI is InChI=1S/C9H7BrF3NO2/c1-4(15)7-6(16-9(11,12)13)3-2-5(10)8(7)14/h2-3H,14H2,1H3. The molecule has 0 atom stereocenters. The highest BCUT2D eigenvalue weighted by atomic mass is 79.9. The van der Waals surface area contributed by atoms with Gasteiger partial charge in [0.05, 0.1) is 11.3 Å². The van der Waals surface area contributed by atoms with Crippen molar-refractivity contribution in [3.05, 3.63) is 22.2 Å². The summed E-state index contributed by atoms with van der Waals surface area (Å²) >= 11 is 3.01. The van der Waals surface area contributed by atoms with E-state index >= 15 is 0 Å². The molecule has 0 heterocycles. The van der Waals surface area contributed by atoms with Crippen molar-refractivity contribution in [2.75, 3.05) is 5.73 Å². The van der Waals surface area contributed by atoms with Gasteiger partial charge in [-0.1, -0.05) is 0 Å². The summed E-state index contributed by atoms with van der Waals surface area (Å²) in [7, 11) is 0. The fourth-order valence-electron chi connectivity index (χ4n) is 1.15. The summed E-state index contributed by atoms with van der Waals surface area (Å²) in [4.78, 5) is 11.2. The second-order valence-corrected chi connectivity index (χ2v) is 3.79. The number of nitrogens with two attached hydrogens (primary N) is 1. The number of ketones is 1. The summed E-state index contributed by atoms with van der Waals surface area (Å²) in [5.41, 5.74) is 5.13. The van der Waals surface area contributed by atoms with E-state index in [1.165, 1.54) is 6.07 Å². The molecule has 0 saturated heterocycles. The Morgan fingerprint density at radius 2 is 2.00 bits per heavy atom. The van der Waals surface area contributed by atoms with Crippen LogP contribution >= 0.6 is 15.9 Å². The molecule has 0 fully saturated rings. The topological polar surface area (TPSA) is 52.3 Å². The van der Waals surface area contributed by atoms with Crippen LogP contribution in [0.3, 0.4) is 0 Å². The van der Waals surface area contributed by atoms with Crippen LogP contribution in [-0.2, 0) is 0 Å². The molecule has 1 rings (SSSR count). The molecule has 7 heteroatoms. The van der Waals surface area contributed by atoms with Crippen LogP contribution in [0.1, 0.15) is 17.3 Å². The van der Waals surface area contributed by atoms with Crippen LogP contribution < -0.4 is 10.5 Å². The van der Waals surface area contributed by atoms with Crippen molar-refractivity contribution in [2.24, 2.45) is 0 Å². The molecular formula is C9H7BrF3NO2. The van der Waals surface area contributed by atoms with Gasteiger partial charge < -0.3 is 10.5 Å². The largest absolute Gasteiger partial charge is 0.573 e. The van der Waals surface area contributed by atoms with Gasteiger partial charge in [-0.3, -0.25) is 4.79 Å². The van der Waals surface area contributed by atoms with Gasteiger partial charge in [0.1, 0.15) is 5.75 Å². The number of ether oxygens (including phenoxy) is 1. The Bertz CT molecular complexity index is 431. The molecule has 0 aliphatic rings. The first-order valence-electron chi connectivity index (χ1n) is 4.07. The smallest absolute Gasteiger partial charge is 0.405 e. The Kier molecular flexibility index (Phi) is 3.47. The molecule has 0 unspecified atom stereocenters. The van der Waals surface area contributed by atoms with Crippen LogP contribution in [0.5, 0.6) is 5.75 Å². The predicted molar refractivity (Wildman–Crippen MR) is 55.2 cm³/mol. The van der Waals surface area contributed by atoms with E-state index in [9.17, 15) is 18.0 Å². The summed E-state index contributed by atoms with van der Waals surface area (Å²) in [5, 5.41) is 0. The number of anilines is 1.